The van der Waals surface area contributed by atoms with Gasteiger partial charge in [-0.25, -0.2) is 0 Å². The third-order valence-electron chi connectivity index (χ3n) is 5.20. The molecule has 0 amide bonds. The lowest BCUT2D eigenvalue weighted by atomic mass is 9.67. The van der Waals surface area contributed by atoms with E-state index < -0.39 is 5.60 Å². The molecule has 1 aliphatic heterocycles. The lowest BCUT2D eigenvalue weighted by molar-refractivity contribution is -0.0489. The Kier molecular flexibility index (Phi) is 2.94. The highest BCUT2D eigenvalue weighted by molar-refractivity contribution is 5.14. The van der Waals surface area contributed by atoms with E-state index in [2.05, 4.69) is 6.08 Å². The first-order chi connectivity index (χ1) is 8.23. The van der Waals surface area contributed by atoms with Gasteiger partial charge in [0, 0.05) is 0 Å². The first kappa shape index (κ1) is 11.6. The van der Waals surface area contributed by atoms with Gasteiger partial charge < -0.3 is 9.84 Å². The van der Waals surface area contributed by atoms with Gasteiger partial charge >= 0.3 is 0 Å². The van der Waals surface area contributed by atoms with Gasteiger partial charge in [-0.15, -0.1) is 0 Å². The minimum atomic E-state index is -0.631. The zero-order chi connectivity index (χ0) is 11.8. The lowest BCUT2D eigenvalue weighted by Gasteiger charge is -2.43. The van der Waals surface area contributed by atoms with Gasteiger partial charge in [-0.1, -0.05) is 12.8 Å². The predicted octanol–water partition coefficient (Wildman–Crippen LogP) is 3.55. The maximum atomic E-state index is 10.7. The molecule has 2 fully saturated rings. The summed E-state index contributed by atoms with van der Waals surface area (Å²) in [6.07, 6.45) is 14.1. The Labute approximate surface area is 104 Å². The van der Waals surface area contributed by atoms with Crippen LogP contribution in [-0.4, -0.2) is 17.3 Å². The summed E-state index contributed by atoms with van der Waals surface area (Å²) < 4.78 is 5.68. The van der Waals surface area contributed by atoms with Gasteiger partial charge in [-0.3, -0.25) is 0 Å². The van der Waals surface area contributed by atoms with Gasteiger partial charge in [0.25, 0.3) is 0 Å². The van der Waals surface area contributed by atoms with Crippen LogP contribution in [0.4, 0.5) is 0 Å². The zero-order valence-electron chi connectivity index (χ0n) is 10.7. The van der Waals surface area contributed by atoms with Crippen LogP contribution in [0, 0.1) is 5.41 Å². The van der Waals surface area contributed by atoms with Crippen molar-refractivity contribution in [2.75, 3.05) is 6.61 Å². The van der Waals surface area contributed by atoms with Crippen LogP contribution in [0.25, 0.3) is 0 Å². The highest BCUT2D eigenvalue weighted by Crippen LogP contribution is 2.52. The molecule has 0 unspecified atom stereocenters. The number of hydrogen-bond acceptors (Lipinski definition) is 2. The van der Waals surface area contributed by atoms with Gasteiger partial charge in [0.2, 0.25) is 0 Å². The number of ether oxygens (including phenoxy) is 1. The average molecular weight is 236 g/mol. The number of hydrogen-bond donors (Lipinski definition) is 1. The Morgan fingerprint density at radius 2 is 1.65 bits per heavy atom. The molecule has 2 heteroatoms. The summed E-state index contributed by atoms with van der Waals surface area (Å²) in [5.41, 5.74) is -0.0459. The monoisotopic (exact) mass is 236 g/mol. The molecule has 1 spiro atoms. The molecule has 2 saturated carbocycles. The standard InChI is InChI=1S/C15H24O2/c16-15(13-5-1-4-12-17-13)10-8-14(9-11-15)6-2-3-7-14/h5,16H,1-4,6-12H2. The van der Waals surface area contributed by atoms with E-state index in [1.807, 2.05) is 0 Å². The lowest BCUT2D eigenvalue weighted by Crippen LogP contribution is -2.41. The fraction of sp³-hybridized carbons (Fsp3) is 0.867. The minimum absolute atomic E-state index is 0.585. The Balaban J connectivity index is 1.68. The highest BCUT2D eigenvalue weighted by atomic mass is 16.5. The van der Waals surface area contributed by atoms with E-state index in [9.17, 15) is 5.11 Å². The molecule has 0 aromatic carbocycles. The van der Waals surface area contributed by atoms with Crippen LogP contribution in [0.5, 0.6) is 0 Å². The van der Waals surface area contributed by atoms with Crippen LogP contribution < -0.4 is 0 Å². The molecule has 1 N–H and O–H groups in total. The van der Waals surface area contributed by atoms with E-state index in [4.69, 9.17) is 4.74 Å². The molecule has 3 aliphatic rings. The van der Waals surface area contributed by atoms with Crippen LogP contribution >= 0.6 is 0 Å². The van der Waals surface area contributed by atoms with Crippen molar-refractivity contribution in [1.29, 1.82) is 0 Å². The summed E-state index contributed by atoms with van der Waals surface area (Å²) in [7, 11) is 0. The zero-order valence-corrected chi connectivity index (χ0v) is 10.7. The van der Waals surface area contributed by atoms with Crippen molar-refractivity contribution in [3.8, 4) is 0 Å². The SMILES string of the molecule is OC1(C2=CCCCO2)CCC2(CCCC2)CC1. The molecule has 2 aliphatic carbocycles. The molecule has 0 radical (unpaired) electrons. The summed E-state index contributed by atoms with van der Waals surface area (Å²) in [6, 6.07) is 0. The van der Waals surface area contributed by atoms with Crippen LogP contribution in [0.3, 0.4) is 0 Å². The first-order valence-corrected chi connectivity index (χ1v) is 7.28. The molecule has 2 nitrogen and oxygen atoms in total. The summed E-state index contributed by atoms with van der Waals surface area (Å²) >= 11 is 0. The fourth-order valence-corrected chi connectivity index (χ4v) is 3.95. The molecule has 3 rings (SSSR count). The van der Waals surface area contributed by atoms with E-state index in [1.54, 1.807) is 0 Å². The van der Waals surface area contributed by atoms with Crippen LogP contribution in [0.1, 0.15) is 64.2 Å². The molecule has 0 bridgehead atoms. The van der Waals surface area contributed by atoms with Crippen molar-refractivity contribution in [1.82, 2.24) is 0 Å². The van der Waals surface area contributed by atoms with Crippen LogP contribution in [0.15, 0.2) is 11.8 Å². The normalized spacial score (nSPS) is 31.0. The van der Waals surface area contributed by atoms with Gasteiger partial charge in [0.15, 0.2) is 0 Å². The van der Waals surface area contributed by atoms with Crippen molar-refractivity contribution in [3.63, 3.8) is 0 Å². The molecule has 0 aromatic heterocycles. The van der Waals surface area contributed by atoms with Gasteiger partial charge in [-0.2, -0.15) is 0 Å². The molecule has 0 aromatic rings. The van der Waals surface area contributed by atoms with Gasteiger partial charge in [-0.05, 0) is 62.9 Å². The molecular weight excluding hydrogens is 212 g/mol. The molecule has 0 saturated heterocycles. The smallest absolute Gasteiger partial charge is 0.124 e. The largest absolute Gasteiger partial charge is 0.495 e. The third kappa shape index (κ3) is 2.12. The van der Waals surface area contributed by atoms with Crippen molar-refractivity contribution >= 4 is 0 Å². The average Bonchev–Trinajstić information content (AvgIpc) is 2.84. The second-order valence-electron chi connectivity index (χ2n) is 6.30. The molecular formula is C15H24O2. The quantitative estimate of drug-likeness (QED) is 0.754. The maximum absolute atomic E-state index is 10.7. The summed E-state index contributed by atoms with van der Waals surface area (Å²) in [5, 5.41) is 10.7. The molecule has 96 valence electrons. The Morgan fingerprint density at radius 1 is 0.941 bits per heavy atom. The highest BCUT2D eigenvalue weighted by Gasteiger charge is 2.45. The maximum Gasteiger partial charge on any atom is 0.124 e. The Bertz CT molecular complexity index is 303. The van der Waals surface area contributed by atoms with Gasteiger partial charge in [0.05, 0.1) is 6.61 Å². The summed E-state index contributed by atoms with van der Waals surface area (Å²) in [5.74, 6) is 0.886. The Morgan fingerprint density at radius 3 is 2.24 bits per heavy atom. The van der Waals surface area contributed by atoms with E-state index in [0.29, 0.717) is 5.41 Å². The van der Waals surface area contributed by atoms with Gasteiger partial charge in [0.1, 0.15) is 11.4 Å². The van der Waals surface area contributed by atoms with Crippen molar-refractivity contribution < 1.29 is 9.84 Å². The second kappa shape index (κ2) is 4.31. The molecule has 0 atom stereocenters. The molecule has 17 heavy (non-hydrogen) atoms. The summed E-state index contributed by atoms with van der Waals surface area (Å²) in [4.78, 5) is 0. The van der Waals surface area contributed by atoms with Crippen molar-refractivity contribution in [2.45, 2.75) is 69.8 Å². The number of rotatable bonds is 1. The minimum Gasteiger partial charge on any atom is -0.495 e. The van der Waals surface area contributed by atoms with Crippen LogP contribution in [-0.2, 0) is 4.74 Å². The summed E-state index contributed by atoms with van der Waals surface area (Å²) in [6.45, 7) is 0.791. The molecule has 1 heterocycles. The van der Waals surface area contributed by atoms with E-state index in [0.717, 1.165) is 38.0 Å². The van der Waals surface area contributed by atoms with E-state index in [1.165, 1.54) is 38.5 Å². The fourth-order valence-electron chi connectivity index (χ4n) is 3.95. The van der Waals surface area contributed by atoms with Crippen LogP contribution in [0.2, 0.25) is 0 Å². The third-order valence-corrected chi connectivity index (χ3v) is 5.20. The Hall–Kier alpha value is -0.500. The number of allylic oxidation sites excluding steroid dienone is 1. The van der Waals surface area contributed by atoms with E-state index in [-0.39, 0.29) is 0 Å². The predicted molar refractivity (Wildman–Crippen MR) is 67.6 cm³/mol. The second-order valence-corrected chi connectivity index (χ2v) is 6.30. The number of aliphatic hydroxyl groups is 1. The van der Waals surface area contributed by atoms with Crippen molar-refractivity contribution in [3.05, 3.63) is 11.8 Å². The first-order valence-electron chi connectivity index (χ1n) is 7.28. The van der Waals surface area contributed by atoms with Crippen molar-refractivity contribution in [2.24, 2.45) is 5.41 Å². The van der Waals surface area contributed by atoms with E-state index >= 15 is 0 Å². The topological polar surface area (TPSA) is 29.5 Å².